The standard InChI is InChI=1S/C13H17F3N2O/c1-4-8(2)9(3)18-12(19)10-5-6-11(17-7-10)13(14,15)16/h5-9H,4H2,1-3H3,(H,18,19)/t8-,9+/m0/s1. The third-order valence-corrected chi connectivity index (χ3v) is 3.17. The molecule has 0 radical (unpaired) electrons. The number of nitrogens with zero attached hydrogens (tertiary/aromatic N) is 1. The van der Waals surface area contributed by atoms with Crippen LogP contribution >= 0.6 is 0 Å². The van der Waals surface area contributed by atoms with E-state index in [-0.39, 0.29) is 11.6 Å². The maximum absolute atomic E-state index is 12.3. The smallest absolute Gasteiger partial charge is 0.349 e. The Labute approximate surface area is 110 Å². The van der Waals surface area contributed by atoms with E-state index >= 15 is 0 Å². The Morgan fingerprint density at radius 3 is 2.42 bits per heavy atom. The zero-order chi connectivity index (χ0) is 14.6. The number of hydrogen-bond donors (Lipinski definition) is 1. The largest absolute Gasteiger partial charge is 0.433 e. The van der Waals surface area contributed by atoms with Crippen molar-refractivity contribution in [3.05, 3.63) is 29.6 Å². The molecule has 19 heavy (non-hydrogen) atoms. The van der Waals surface area contributed by atoms with Crippen molar-refractivity contribution >= 4 is 5.91 Å². The fourth-order valence-corrected chi connectivity index (χ4v) is 1.48. The predicted molar refractivity (Wildman–Crippen MR) is 65.6 cm³/mol. The first-order valence-corrected chi connectivity index (χ1v) is 6.09. The van der Waals surface area contributed by atoms with Crippen molar-refractivity contribution in [3.8, 4) is 0 Å². The van der Waals surface area contributed by atoms with Gasteiger partial charge in [0.1, 0.15) is 5.69 Å². The van der Waals surface area contributed by atoms with E-state index in [2.05, 4.69) is 10.3 Å². The van der Waals surface area contributed by atoms with Crippen molar-refractivity contribution in [1.29, 1.82) is 0 Å². The molecule has 1 aromatic heterocycles. The molecule has 0 aliphatic carbocycles. The summed E-state index contributed by atoms with van der Waals surface area (Å²) < 4.78 is 37.0. The van der Waals surface area contributed by atoms with E-state index in [1.54, 1.807) is 0 Å². The number of halogens is 3. The Morgan fingerprint density at radius 1 is 1.37 bits per heavy atom. The van der Waals surface area contributed by atoms with Gasteiger partial charge in [0, 0.05) is 12.2 Å². The topological polar surface area (TPSA) is 42.0 Å². The van der Waals surface area contributed by atoms with Crippen LogP contribution in [0.15, 0.2) is 18.3 Å². The first-order valence-electron chi connectivity index (χ1n) is 6.09. The lowest BCUT2D eigenvalue weighted by molar-refractivity contribution is -0.141. The highest BCUT2D eigenvalue weighted by Gasteiger charge is 2.32. The Morgan fingerprint density at radius 2 is 2.00 bits per heavy atom. The summed E-state index contributed by atoms with van der Waals surface area (Å²) in [5, 5.41) is 2.74. The molecule has 0 unspecified atom stereocenters. The van der Waals surface area contributed by atoms with Gasteiger partial charge in [-0.1, -0.05) is 20.3 Å². The molecule has 1 heterocycles. The average molecular weight is 274 g/mol. The summed E-state index contributed by atoms with van der Waals surface area (Å²) in [7, 11) is 0. The van der Waals surface area contributed by atoms with Crippen LogP contribution in [0.5, 0.6) is 0 Å². The Bertz CT molecular complexity index is 429. The van der Waals surface area contributed by atoms with Crippen LogP contribution in [0.1, 0.15) is 43.2 Å². The maximum atomic E-state index is 12.3. The number of pyridine rings is 1. The van der Waals surface area contributed by atoms with Crippen molar-refractivity contribution in [2.45, 2.75) is 39.4 Å². The van der Waals surface area contributed by atoms with Crippen LogP contribution in [-0.2, 0) is 6.18 Å². The van der Waals surface area contributed by atoms with Crippen molar-refractivity contribution in [1.82, 2.24) is 10.3 Å². The molecule has 1 rings (SSSR count). The number of nitrogens with one attached hydrogen (secondary N) is 1. The SMILES string of the molecule is CC[C@H](C)[C@@H](C)NC(=O)c1ccc(C(F)(F)F)nc1. The number of rotatable bonds is 4. The van der Waals surface area contributed by atoms with Gasteiger partial charge in [-0.05, 0) is 25.0 Å². The molecule has 1 aromatic rings. The summed E-state index contributed by atoms with van der Waals surface area (Å²) in [5.41, 5.74) is -0.873. The number of amides is 1. The summed E-state index contributed by atoms with van der Waals surface area (Å²) in [6.07, 6.45) is -2.63. The van der Waals surface area contributed by atoms with Gasteiger partial charge in [-0.25, -0.2) is 0 Å². The van der Waals surface area contributed by atoms with Crippen LogP contribution in [0.4, 0.5) is 13.2 Å². The van der Waals surface area contributed by atoms with Gasteiger partial charge in [0.25, 0.3) is 5.91 Å². The zero-order valence-corrected chi connectivity index (χ0v) is 11.1. The van der Waals surface area contributed by atoms with E-state index in [1.165, 1.54) is 0 Å². The Hall–Kier alpha value is -1.59. The monoisotopic (exact) mass is 274 g/mol. The second kappa shape index (κ2) is 6.04. The summed E-state index contributed by atoms with van der Waals surface area (Å²) >= 11 is 0. The Kier molecular flexibility index (Phi) is 4.91. The fourth-order valence-electron chi connectivity index (χ4n) is 1.48. The average Bonchev–Trinajstić information content (AvgIpc) is 2.36. The first kappa shape index (κ1) is 15.5. The van der Waals surface area contributed by atoms with Gasteiger partial charge in [-0.15, -0.1) is 0 Å². The van der Waals surface area contributed by atoms with Gasteiger partial charge < -0.3 is 5.32 Å². The minimum atomic E-state index is -4.49. The summed E-state index contributed by atoms with van der Waals surface area (Å²) in [5.74, 6) is -0.111. The van der Waals surface area contributed by atoms with Gasteiger partial charge in [-0.3, -0.25) is 9.78 Å². The lowest BCUT2D eigenvalue weighted by Gasteiger charge is -2.19. The van der Waals surface area contributed by atoms with Crippen LogP contribution in [0.3, 0.4) is 0 Å². The van der Waals surface area contributed by atoms with Crippen molar-refractivity contribution < 1.29 is 18.0 Å². The molecule has 106 valence electrons. The lowest BCUT2D eigenvalue weighted by Crippen LogP contribution is -2.37. The van der Waals surface area contributed by atoms with E-state index in [0.29, 0.717) is 5.92 Å². The van der Waals surface area contributed by atoms with E-state index in [0.717, 1.165) is 24.8 Å². The van der Waals surface area contributed by atoms with E-state index in [4.69, 9.17) is 0 Å². The first-order chi connectivity index (χ1) is 8.75. The number of aromatic nitrogens is 1. The minimum absolute atomic E-state index is 0.0419. The molecular formula is C13H17F3N2O. The molecule has 0 saturated heterocycles. The second-order valence-electron chi connectivity index (χ2n) is 4.58. The molecule has 0 aromatic carbocycles. The Balaban J connectivity index is 2.74. The van der Waals surface area contributed by atoms with Crippen LogP contribution in [-0.4, -0.2) is 16.9 Å². The molecule has 3 nitrogen and oxygen atoms in total. The highest BCUT2D eigenvalue weighted by molar-refractivity contribution is 5.94. The van der Waals surface area contributed by atoms with Crippen molar-refractivity contribution in [2.75, 3.05) is 0 Å². The van der Waals surface area contributed by atoms with Gasteiger partial charge in [0.2, 0.25) is 0 Å². The summed E-state index contributed by atoms with van der Waals surface area (Å²) in [6, 6.07) is 1.90. The highest BCUT2D eigenvalue weighted by atomic mass is 19.4. The molecule has 0 aliphatic heterocycles. The minimum Gasteiger partial charge on any atom is -0.349 e. The quantitative estimate of drug-likeness (QED) is 0.915. The molecule has 0 bridgehead atoms. The van der Waals surface area contributed by atoms with Gasteiger partial charge >= 0.3 is 6.18 Å². The second-order valence-corrected chi connectivity index (χ2v) is 4.58. The van der Waals surface area contributed by atoms with E-state index in [1.807, 2.05) is 20.8 Å². The molecule has 6 heteroatoms. The van der Waals surface area contributed by atoms with Crippen LogP contribution in [0.2, 0.25) is 0 Å². The highest BCUT2D eigenvalue weighted by Crippen LogP contribution is 2.27. The molecule has 1 amide bonds. The zero-order valence-electron chi connectivity index (χ0n) is 11.1. The third kappa shape index (κ3) is 4.22. The third-order valence-electron chi connectivity index (χ3n) is 3.17. The van der Waals surface area contributed by atoms with Crippen molar-refractivity contribution in [2.24, 2.45) is 5.92 Å². The molecule has 0 aliphatic rings. The van der Waals surface area contributed by atoms with Crippen molar-refractivity contribution in [3.63, 3.8) is 0 Å². The lowest BCUT2D eigenvalue weighted by atomic mass is 10.0. The molecule has 2 atom stereocenters. The molecule has 0 fully saturated rings. The predicted octanol–water partition coefficient (Wildman–Crippen LogP) is 3.26. The fraction of sp³-hybridized carbons (Fsp3) is 0.538. The van der Waals surface area contributed by atoms with Crippen LogP contribution in [0, 0.1) is 5.92 Å². The molecule has 0 saturated carbocycles. The van der Waals surface area contributed by atoms with E-state index in [9.17, 15) is 18.0 Å². The number of carbonyl (C=O) groups excluding carboxylic acids is 1. The molecular weight excluding hydrogens is 257 g/mol. The van der Waals surface area contributed by atoms with Gasteiger partial charge in [0.05, 0.1) is 5.56 Å². The van der Waals surface area contributed by atoms with Gasteiger partial charge in [0.15, 0.2) is 0 Å². The number of alkyl halides is 3. The molecule has 0 spiro atoms. The van der Waals surface area contributed by atoms with Crippen LogP contribution < -0.4 is 5.32 Å². The number of carbonyl (C=O) groups is 1. The van der Waals surface area contributed by atoms with E-state index < -0.39 is 17.8 Å². The maximum Gasteiger partial charge on any atom is 0.433 e. The normalized spacial score (nSPS) is 14.8. The van der Waals surface area contributed by atoms with Crippen LogP contribution in [0.25, 0.3) is 0 Å². The summed E-state index contributed by atoms with van der Waals surface area (Å²) in [6.45, 7) is 5.87. The number of hydrogen-bond acceptors (Lipinski definition) is 2. The summed E-state index contributed by atoms with van der Waals surface area (Å²) in [4.78, 5) is 15.1. The molecule has 1 N–H and O–H groups in total. The van der Waals surface area contributed by atoms with Gasteiger partial charge in [-0.2, -0.15) is 13.2 Å².